The summed E-state index contributed by atoms with van der Waals surface area (Å²) >= 11 is 7.71. The summed E-state index contributed by atoms with van der Waals surface area (Å²) in [5, 5.41) is 18.0. The maximum absolute atomic E-state index is 12.3. The van der Waals surface area contributed by atoms with Crippen LogP contribution in [0.5, 0.6) is 0 Å². The molecule has 0 radical (unpaired) electrons. The zero-order valence-electron chi connectivity index (χ0n) is 12.3. The van der Waals surface area contributed by atoms with Crippen molar-refractivity contribution < 1.29 is 9.72 Å². The average molecular weight is 487 g/mol. The quantitative estimate of drug-likeness (QED) is 0.432. The molecule has 2 aromatic heterocycles. The number of nitro groups is 1. The van der Waals surface area contributed by atoms with Crippen LogP contribution in [0, 0.1) is 10.1 Å². The molecule has 0 saturated carbocycles. The van der Waals surface area contributed by atoms with Crippen LogP contribution in [0.2, 0.25) is 0 Å². The molecule has 0 fully saturated rings. The van der Waals surface area contributed by atoms with Crippen LogP contribution < -0.4 is 5.32 Å². The van der Waals surface area contributed by atoms with E-state index in [-0.39, 0.29) is 11.7 Å². The molecule has 0 saturated heterocycles. The fourth-order valence-electron chi connectivity index (χ4n) is 2.07. The number of nitrogens with one attached hydrogen (secondary N) is 1. The fraction of sp³-hybridized carbons (Fsp3) is 0.0714. The van der Waals surface area contributed by atoms with Crippen LogP contribution in [-0.2, 0) is 6.54 Å². The van der Waals surface area contributed by atoms with E-state index in [1.54, 1.807) is 24.4 Å². The number of anilines is 1. The second-order valence-corrected chi connectivity index (χ2v) is 8.14. The maximum Gasteiger partial charge on any atom is 0.404 e. The highest BCUT2D eigenvalue weighted by molar-refractivity contribution is 9.11. The molecule has 0 aliphatic carbocycles. The summed E-state index contributed by atoms with van der Waals surface area (Å²) in [6.45, 7) is 0.302. The number of rotatable bonds is 5. The van der Waals surface area contributed by atoms with Gasteiger partial charge < -0.3 is 10.1 Å². The predicted molar refractivity (Wildman–Crippen MR) is 99.9 cm³/mol. The summed E-state index contributed by atoms with van der Waals surface area (Å²) in [5.41, 5.74) is 1.25. The van der Waals surface area contributed by atoms with Crippen molar-refractivity contribution in [1.82, 2.24) is 14.8 Å². The lowest BCUT2D eigenvalue weighted by molar-refractivity contribution is -0.390. The van der Waals surface area contributed by atoms with E-state index in [4.69, 9.17) is 0 Å². The highest BCUT2D eigenvalue weighted by Gasteiger charge is 2.19. The fourth-order valence-corrected chi connectivity index (χ4v) is 3.63. The molecule has 1 N–H and O–H groups in total. The Labute approximate surface area is 162 Å². The normalized spacial score (nSPS) is 10.6. The summed E-state index contributed by atoms with van der Waals surface area (Å²) in [5.74, 6) is -0.528. The van der Waals surface area contributed by atoms with E-state index in [0.29, 0.717) is 21.7 Å². The highest BCUT2D eigenvalue weighted by atomic mass is 79.9. The van der Waals surface area contributed by atoms with E-state index in [1.165, 1.54) is 22.2 Å². The van der Waals surface area contributed by atoms with E-state index in [0.717, 1.165) is 9.35 Å². The first-order valence-electron chi connectivity index (χ1n) is 6.81. The number of carbonyl (C=O) groups is 1. The first-order valence-corrected chi connectivity index (χ1v) is 9.21. The standard InChI is InChI=1S/C14H9Br2N5O3S/c15-10-7-20(19-12(10)21(23)24)6-8-2-1-3-9(4-8)13(22)18-14-17-5-11(16)25-14/h1-5,7H,6H2,(H,17,18,22). The smallest absolute Gasteiger partial charge is 0.358 e. The first-order chi connectivity index (χ1) is 11.9. The molecule has 2 heterocycles. The molecule has 11 heteroatoms. The van der Waals surface area contributed by atoms with Crippen LogP contribution in [0.4, 0.5) is 10.9 Å². The molecule has 0 unspecified atom stereocenters. The Morgan fingerprint density at radius 2 is 2.20 bits per heavy atom. The number of hydrogen-bond donors (Lipinski definition) is 1. The van der Waals surface area contributed by atoms with Crippen molar-refractivity contribution in [3.8, 4) is 0 Å². The molecule has 0 aliphatic heterocycles. The molecule has 0 atom stereocenters. The molecule has 3 aromatic rings. The number of hydrogen-bond acceptors (Lipinski definition) is 6. The van der Waals surface area contributed by atoms with Gasteiger partial charge in [-0.3, -0.25) is 10.1 Å². The van der Waals surface area contributed by atoms with Gasteiger partial charge in [0, 0.05) is 5.56 Å². The zero-order chi connectivity index (χ0) is 18.0. The summed E-state index contributed by atoms with van der Waals surface area (Å²) in [4.78, 5) is 26.6. The van der Waals surface area contributed by atoms with Crippen molar-refractivity contribution >= 4 is 60.1 Å². The summed E-state index contributed by atoms with van der Waals surface area (Å²) < 4.78 is 2.57. The van der Waals surface area contributed by atoms with Crippen LogP contribution >= 0.6 is 43.2 Å². The number of aromatic nitrogens is 3. The number of amides is 1. The number of halogens is 2. The van der Waals surface area contributed by atoms with Crippen LogP contribution in [-0.4, -0.2) is 25.6 Å². The lowest BCUT2D eigenvalue weighted by Crippen LogP contribution is -2.12. The van der Waals surface area contributed by atoms with E-state index >= 15 is 0 Å². The Balaban J connectivity index is 1.76. The van der Waals surface area contributed by atoms with E-state index in [1.807, 2.05) is 6.07 Å². The van der Waals surface area contributed by atoms with Crippen LogP contribution in [0.3, 0.4) is 0 Å². The maximum atomic E-state index is 12.3. The average Bonchev–Trinajstić information content (AvgIpc) is 3.13. The number of benzene rings is 1. The van der Waals surface area contributed by atoms with Crippen LogP contribution in [0.1, 0.15) is 15.9 Å². The van der Waals surface area contributed by atoms with Gasteiger partial charge in [0.25, 0.3) is 5.91 Å². The number of thiazole rings is 1. The zero-order valence-corrected chi connectivity index (χ0v) is 16.3. The molecule has 0 spiro atoms. The van der Waals surface area contributed by atoms with Gasteiger partial charge in [-0.05, 0) is 54.5 Å². The van der Waals surface area contributed by atoms with Gasteiger partial charge in [0.2, 0.25) is 0 Å². The lowest BCUT2D eigenvalue weighted by Gasteiger charge is -2.04. The molecule has 8 nitrogen and oxygen atoms in total. The van der Waals surface area contributed by atoms with Crippen LogP contribution in [0.25, 0.3) is 0 Å². The van der Waals surface area contributed by atoms with E-state index in [9.17, 15) is 14.9 Å². The Morgan fingerprint density at radius 3 is 2.84 bits per heavy atom. The van der Waals surface area contributed by atoms with Crippen molar-refractivity contribution in [2.45, 2.75) is 6.54 Å². The third kappa shape index (κ3) is 4.30. The monoisotopic (exact) mass is 485 g/mol. The van der Waals surface area contributed by atoms with Gasteiger partial charge in [-0.15, -0.1) is 0 Å². The third-order valence-electron chi connectivity index (χ3n) is 3.10. The SMILES string of the molecule is O=C(Nc1ncc(Br)s1)c1cccc(Cn2cc(Br)c([N+](=O)[O-])n2)c1. The van der Waals surface area contributed by atoms with E-state index < -0.39 is 4.92 Å². The van der Waals surface area contributed by atoms with Crippen molar-refractivity contribution in [2.75, 3.05) is 5.32 Å². The van der Waals surface area contributed by atoms with Crippen molar-refractivity contribution in [2.24, 2.45) is 0 Å². The number of carbonyl (C=O) groups excluding carboxylic acids is 1. The topological polar surface area (TPSA) is 103 Å². The van der Waals surface area contributed by atoms with Crippen LogP contribution in [0.15, 0.2) is 44.9 Å². The molecule has 128 valence electrons. The molecular weight excluding hydrogens is 478 g/mol. The largest absolute Gasteiger partial charge is 0.404 e. The molecule has 1 aromatic carbocycles. The van der Waals surface area contributed by atoms with E-state index in [2.05, 4.69) is 47.3 Å². The van der Waals surface area contributed by atoms with Crippen molar-refractivity contribution in [1.29, 1.82) is 0 Å². The minimum Gasteiger partial charge on any atom is -0.358 e. The van der Waals surface area contributed by atoms with Gasteiger partial charge >= 0.3 is 5.82 Å². The first kappa shape index (κ1) is 17.7. The third-order valence-corrected chi connectivity index (χ3v) is 5.05. The minimum atomic E-state index is -0.559. The molecule has 25 heavy (non-hydrogen) atoms. The molecule has 3 rings (SSSR count). The molecule has 1 amide bonds. The van der Waals surface area contributed by atoms with Gasteiger partial charge in [0.05, 0.1) is 27.8 Å². The molecule has 0 bridgehead atoms. The minimum absolute atomic E-state index is 0.247. The lowest BCUT2D eigenvalue weighted by atomic mass is 10.1. The second-order valence-electron chi connectivity index (χ2n) is 4.88. The second kappa shape index (κ2) is 7.42. The Morgan fingerprint density at radius 1 is 1.40 bits per heavy atom. The van der Waals surface area contributed by atoms with Gasteiger partial charge in [0.15, 0.2) is 5.13 Å². The number of nitrogens with zero attached hydrogens (tertiary/aromatic N) is 4. The van der Waals surface area contributed by atoms with Crippen molar-refractivity contribution in [3.05, 3.63) is 66.2 Å². The molecule has 0 aliphatic rings. The Hall–Kier alpha value is -2.11. The highest BCUT2D eigenvalue weighted by Crippen LogP contribution is 2.24. The Bertz CT molecular complexity index is 956. The predicted octanol–water partition coefficient (Wildman–Crippen LogP) is 4.07. The van der Waals surface area contributed by atoms with Gasteiger partial charge in [-0.2, -0.15) is 4.68 Å². The Kier molecular flexibility index (Phi) is 5.25. The summed E-state index contributed by atoms with van der Waals surface area (Å²) in [7, 11) is 0. The van der Waals surface area contributed by atoms with Gasteiger partial charge in [-0.1, -0.05) is 23.5 Å². The van der Waals surface area contributed by atoms with Crippen molar-refractivity contribution in [3.63, 3.8) is 0 Å². The molecular formula is C14H9Br2N5O3S. The summed E-state index contributed by atoms with van der Waals surface area (Å²) in [6, 6.07) is 6.95. The van der Waals surface area contributed by atoms with Gasteiger partial charge in [-0.25, -0.2) is 4.98 Å². The van der Waals surface area contributed by atoms with Gasteiger partial charge in [0.1, 0.15) is 4.47 Å². The summed E-state index contributed by atoms with van der Waals surface area (Å²) in [6.07, 6.45) is 3.14.